The van der Waals surface area contributed by atoms with Crippen LogP contribution in [-0.2, 0) is 9.59 Å². The van der Waals surface area contributed by atoms with E-state index in [-0.39, 0.29) is 23.7 Å². The van der Waals surface area contributed by atoms with E-state index >= 15 is 0 Å². The standard InChI is InChI=1S/C11H13NO2/c1-12-10(13)8-6-3-7(5-2-4(5)6)9(8)11(12)14/h4-9H,2-3H2,1H3/t4-,5-,6?,7?,8-,9+/m0/s1. The van der Waals surface area contributed by atoms with Crippen LogP contribution >= 0.6 is 0 Å². The van der Waals surface area contributed by atoms with Crippen molar-refractivity contribution < 1.29 is 9.59 Å². The van der Waals surface area contributed by atoms with E-state index in [2.05, 4.69) is 0 Å². The van der Waals surface area contributed by atoms with Crippen molar-refractivity contribution in [3.8, 4) is 0 Å². The molecule has 14 heavy (non-hydrogen) atoms. The summed E-state index contributed by atoms with van der Waals surface area (Å²) < 4.78 is 0. The molecule has 1 saturated heterocycles. The summed E-state index contributed by atoms with van der Waals surface area (Å²) in [4.78, 5) is 25.1. The van der Waals surface area contributed by atoms with Crippen LogP contribution in [0.15, 0.2) is 0 Å². The van der Waals surface area contributed by atoms with Crippen LogP contribution in [0.1, 0.15) is 12.8 Å². The van der Waals surface area contributed by atoms with E-state index < -0.39 is 0 Å². The van der Waals surface area contributed by atoms with Gasteiger partial charge >= 0.3 is 0 Å². The lowest BCUT2D eigenvalue weighted by molar-refractivity contribution is -0.139. The zero-order chi connectivity index (χ0) is 9.61. The molecule has 2 amide bonds. The molecular formula is C11H13NO2. The van der Waals surface area contributed by atoms with Crippen molar-refractivity contribution in [3.63, 3.8) is 0 Å². The van der Waals surface area contributed by atoms with Gasteiger partial charge in [-0.05, 0) is 36.5 Å². The van der Waals surface area contributed by atoms with Gasteiger partial charge in [-0.15, -0.1) is 0 Å². The van der Waals surface area contributed by atoms with Crippen molar-refractivity contribution >= 4 is 11.8 Å². The van der Waals surface area contributed by atoms with Crippen LogP contribution in [0, 0.1) is 35.5 Å². The molecule has 0 aromatic rings. The summed E-state index contributed by atoms with van der Waals surface area (Å²) in [6.07, 6.45) is 2.46. The number of carbonyl (C=O) groups is 2. The molecular weight excluding hydrogens is 178 g/mol. The molecule has 3 heteroatoms. The molecule has 0 aromatic carbocycles. The van der Waals surface area contributed by atoms with Gasteiger partial charge in [-0.1, -0.05) is 0 Å². The molecule has 2 bridgehead atoms. The number of nitrogens with zero attached hydrogens (tertiary/aromatic N) is 1. The first-order valence-electron chi connectivity index (χ1n) is 5.51. The average Bonchev–Trinajstić information content (AvgIpc) is 2.74. The highest BCUT2D eigenvalue weighted by Gasteiger charge is 2.71. The number of rotatable bonds is 0. The molecule has 2 unspecified atom stereocenters. The van der Waals surface area contributed by atoms with Crippen molar-refractivity contribution in [1.29, 1.82) is 0 Å². The summed E-state index contributed by atoms with van der Waals surface area (Å²) in [6.45, 7) is 0. The minimum Gasteiger partial charge on any atom is -0.285 e. The van der Waals surface area contributed by atoms with Crippen LogP contribution in [0.3, 0.4) is 0 Å². The van der Waals surface area contributed by atoms with Crippen LogP contribution in [0.5, 0.6) is 0 Å². The van der Waals surface area contributed by atoms with Crippen molar-refractivity contribution in [3.05, 3.63) is 0 Å². The van der Waals surface area contributed by atoms with Gasteiger partial charge in [-0.2, -0.15) is 0 Å². The number of hydrogen-bond acceptors (Lipinski definition) is 2. The topological polar surface area (TPSA) is 37.4 Å². The van der Waals surface area contributed by atoms with E-state index in [4.69, 9.17) is 0 Å². The maximum Gasteiger partial charge on any atom is 0.233 e. The van der Waals surface area contributed by atoms with Gasteiger partial charge in [-0.25, -0.2) is 0 Å². The number of fused-ring (bicyclic) bond motifs is 8. The average molecular weight is 191 g/mol. The predicted octanol–water partition coefficient (Wildman–Crippen LogP) is 0.503. The monoisotopic (exact) mass is 191 g/mol. The van der Waals surface area contributed by atoms with E-state index in [1.807, 2.05) is 0 Å². The van der Waals surface area contributed by atoms with Gasteiger partial charge in [0.25, 0.3) is 0 Å². The highest BCUT2D eigenvalue weighted by Crippen LogP contribution is 2.71. The second-order valence-electron chi connectivity index (χ2n) is 5.41. The summed E-state index contributed by atoms with van der Waals surface area (Å²) in [5.74, 6) is 3.14. The number of amides is 2. The van der Waals surface area contributed by atoms with Crippen molar-refractivity contribution in [1.82, 2.24) is 4.90 Å². The van der Waals surface area contributed by atoms with Crippen molar-refractivity contribution in [2.24, 2.45) is 35.5 Å². The highest BCUT2D eigenvalue weighted by molar-refractivity contribution is 6.05. The Kier molecular flexibility index (Phi) is 1.01. The summed E-state index contributed by atoms with van der Waals surface area (Å²) in [6, 6.07) is 0. The van der Waals surface area contributed by atoms with Crippen molar-refractivity contribution in [2.45, 2.75) is 12.8 Å². The van der Waals surface area contributed by atoms with Gasteiger partial charge in [0.1, 0.15) is 0 Å². The highest BCUT2D eigenvalue weighted by atomic mass is 16.2. The molecule has 1 aliphatic heterocycles. The minimum absolute atomic E-state index is 0.0845. The number of hydrogen-bond donors (Lipinski definition) is 0. The van der Waals surface area contributed by atoms with Crippen LogP contribution in [0.2, 0.25) is 0 Å². The SMILES string of the molecule is CN1C(=O)[C@@H]2C3CC([C@H]4C[C@H]34)[C@@H]2C1=O. The third-order valence-corrected chi connectivity index (χ3v) is 5.08. The minimum atomic E-state index is 0.0845. The molecule has 3 aliphatic carbocycles. The lowest BCUT2D eigenvalue weighted by atomic mass is 9.81. The second-order valence-corrected chi connectivity index (χ2v) is 5.41. The normalized spacial score (nSPS) is 57.9. The predicted molar refractivity (Wildman–Crippen MR) is 48.0 cm³/mol. The molecule has 0 spiro atoms. The first-order valence-corrected chi connectivity index (χ1v) is 5.51. The maximum absolute atomic E-state index is 11.9. The molecule has 0 radical (unpaired) electrons. The lowest BCUT2D eigenvalue weighted by Crippen LogP contribution is -2.28. The smallest absolute Gasteiger partial charge is 0.233 e. The number of imide groups is 1. The summed E-state index contributed by atoms with van der Waals surface area (Å²) in [5.41, 5.74) is 0. The first-order chi connectivity index (χ1) is 6.70. The molecule has 74 valence electrons. The van der Waals surface area contributed by atoms with Gasteiger partial charge in [0.05, 0.1) is 11.8 Å². The van der Waals surface area contributed by atoms with E-state index in [0.29, 0.717) is 11.8 Å². The second kappa shape index (κ2) is 1.90. The fraction of sp³-hybridized carbons (Fsp3) is 0.818. The summed E-state index contributed by atoms with van der Waals surface area (Å²) in [5, 5.41) is 0. The molecule has 0 aromatic heterocycles. The van der Waals surface area contributed by atoms with Gasteiger partial charge in [0, 0.05) is 7.05 Å². The molecule has 4 rings (SSSR count). The molecule has 3 nitrogen and oxygen atoms in total. The van der Waals surface area contributed by atoms with Crippen LogP contribution in [0.25, 0.3) is 0 Å². The fourth-order valence-corrected chi connectivity index (χ4v) is 4.47. The molecule has 3 saturated carbocycles. The van der Waals surface area contributed by atoms with Crippen LogP contribution < -0.4 is 0 Å². The van der Waals surface area contributed by atoms with Crippen LogP contribution in [0.4, 0.5) is 0 Å². The molecule has 1 heterocycles. The Morgan fingerprint density at radius 2 is 1.36 bits per heavy atom. The Hall–Kier alpha value is -0.860. The molecule has 0 N–H and O–H groups in total. The van der Waals surface area contributed by atoms with Crippen molar-refractivity contribution in [2.75, 3.05) is 7.05 Å². The van der Waals surface area contributed by atoms with E-state index in [1.165, 1.54) is 11.3 Å². The molecule has 6 atom stereocenters. The third kappa shape index (κ3) is 0.562. The summed E-state index contributed by atoms with van der Waals surface area (Å²) >= 11 is 0. The quantitative estimate of drug-likeness (QED) is 0.523. The third-order valence-electron chi connectivity index (χ3n) is 5.08. The summed E-state index contributed by atoms with van der Waals surface area (Å²) in [7, 11) is 1.65. The van der Waals surface area contributed by atoms with Crippen LogP contribution in [-0.4, -0.2) is 23.8 Å². The Bertz CT molecular complexity index is 332. The van der Waals surface area contributed by atoms with Gasteiger partial charge in [0.2, 0.25) is 11.8 Å². The zero-order valence-corrected chi connectivity index (χ0v) is 8.14. The largest absolute Gasteiger partial charge is 0.285 e. The maximum atomic E-state index is 11.9. The number of likely N-dealkylation sites (tertiary alicyclic amines) is 1. The van der Waals surface area contributed by atoms with E-state index in [0.717, 1.165) is 18.3 Å². The van der Waals surface area contributed by atoms with Gasteiger partial charge in [0.15, 0.2) is 0 Å². The molecule has 4 aliphatic rings. The number of carbonyl (C=O) groups excluding carboxylic acids is 2. The Labute approximate surface area is 82.4 Å². The van der Waals surface area contributed by atoms with E-state index in [9.17, 15) is 9.59 Å². The Morgan fingerprint density at radius 3 is 1.86 bits per heavy atom. The van der Waals surface area contributed by atoms with E-state index in [1.54, 1.807) is 7.05 Å². The van der Waals surface area contributed by atoms with Gasteiger partial charge in [-0.3, -0.25) is 14.5 Å². The fourth-order valence-electron chi connectivity index (χ4n) is 4.47. The Morgan fingerprint density at radius 1 is 0.929 bits per heavy atom. The zero-order valence-electron chi connectivity index (χ0n) is 8.14. The van der Waals surface area contributed by atoms with Gasteiger partial charge < -0.3 is 0 Å². The Balaban J connectivity index is 1.82. The lowest BCUT2D eigenvalue weighted by Gasteiger charge is -2.18. The first kappa shape index (κ1) is 7.43. The molecule has 4 fully saturated rings.